The third-order valence-corrected chi connectivity index (χ3v) is 8.14. The number of rotatable bonds is 7. The molecule has 2 saturated heterocycles. The Morgan fingerprint density at radius 3 is 2.55 bits per heavy atom. The summed E-state index contributed by atoms with van der Waals surface area (Å²) in [5, 5.41) is 13.6. The maximum atomic E-state index is 13.5. The van der Waals surface area contributed by atoms with Gasteiger partial charge in [-0.15, -0.1) is 5.10 Å². The van der Waals surface area contributed by atoms with Gasteiger partial charge in [-0.25, -0.2) is 4.79 Å². The number of likely N-dealkylation sites (tertiary alicyclic amines) is 1. The van der Waals surface area contributed by atoms with Crippen molar-refractivity contribution < 1.29 is 27.9 Å². The van der Waals surface area contributed by atoms with Gasteiger partial charge in [-0.05, 0) is 50.9 Å². The average molecular weight is 555 g/mol. The Morgan fingerprint density at radius 2 is 1.95 bits per heavy atom. The van der Waals surface area contributed by atoms with Crippen LogP contribution in [0.4, 0.5) is 29.5 Å². The molecule has 0 radical (unpaired) electrons. The zero-order valence-electron chi connectivity index (χ0n) is 21.7. The zero-order chi connectivity index (χ0) is 27.7. The van der Waals surface area contributed by atoms with Crippen LogP contribution in [0.25, 0.3) is 0 Å². The normalized spacial score (nSPS) is 19.7. The third kappa shape index (κ3) is 6.04. The van der Waals surface area contributed by atoms with E-state index in [9.17, 15) is 27.9 Å². The van der Waals surface area contributed by atoms with E-state index in [2.05, 4.69) is 21.6 Å². The number of carboxylic acids is 1. The van der Waals surface area contributed by atoms with Crippen molar-refractivity contribution in [2.24, 2.45) is 5.92 Å². The maximum absolute atomic E-state index is 13.5. The van der Waals surface area contributed by atoms with Crippen LogP contribution in [0, 0.1) is 5.92 Å². The second-order valence-electron chi connectivity index (χ2n) is 10.2. The number of aromatic nitrogens is 2. The lowest BCUT2D eigenvalue weighted by Crippen LogP contribution is -2.53. The fraction of sp³-hybridized carbons (Fsp3) is 0.560. The Labute approximate surface area is 224 Å². The number of hydrogen-bond donors (Lipinski definition) is 2. The van der Waals surface area contributed by atoms with Gasteiger partial charge in [0.05, 0.1) is 11.5 Å². The Hall–Kier alpha value is -2.93. The molecule has 1 aromatic carbocycles. The minimum Gasteiger partial charge on any atom is -0.481 e. The van der Waals surface area contributed by atoms with Gasteiger partial charge in [0.2, 0.25) is 0 Å². The average Bonchev–Trinajstić information content (AvgIpc) is 3.54. The predicted molar refractivity (Wildman–Crippen MR) is 140 cm³/mol. The number of hydrogen-bond acceptors (Lipinski definition) is 7. The summed E-state index contributed by atoms with van der Waals surface area (Å²) in [5.74, 6) is -0.928. The molecule has 2 fully saturated rings. The van der Waals surface area contributed by atoms with Crippen LogP contribution in [0.15, 0.2) is 30.5 Å². The lowest BCUT2D eigenvalue weighted by Gasteiger charge is -2.45. The molecule has 13 heteroatoms. The number of amides is 1. The van der Waals surface area contributed by atoms with Crippen molar-refractivity contribution in [3.8, 4) is 0 Å². The van der Waals surface area contributed by atoms with Crippen molar-refractivity contribution in [2.45, 2.75) is 44.4 Å². The fourth-order valence-electron chi connectivity index (χ4n) is 5.09. The van der Waals surface area contributed by atoms with Gasteiger partial charge in [0, 0.05) is 62.5 Å². The molecule has 2 aliphatic heterocycles. The van der Waals surface area contributed by atoms with Crippen LogP contribution in [0.2, 0.25) is 0 Å². The molecule has 4 rings (SSSR count). The number of piperidine rings is 1. The van der Waals surface area contributed by atoms with E-state index in [1.807, 2.05) is 13.3 Å². The number of carboxylic acid groups (broad SMARTS) is 1. The van der Waals surface area contributed by atoms with E-state index < -0.39 is 23.6 Å². The number of nitrogens with one attached hydrogen (secondary N) is 1. The molecule has 208 valence electrons. The summed E-state index contributed by atoms with van der Waals surface area (Å²) >= 11 is 1.39. The van der Waals surface area contributed by atoms with Crippen LogP contribution >= 0.6 is 11.9 Å². The van der Waals surface area contributed by atoms with Crippen molar-refractivity contribution in [3.05, 3.63) is 41.6 Å². The number of nitrogens with zero attached hydrogens (tertiary/aromatic N) is 5. The molecule has 1 unspecified atom stereocenters. The highest BCUT2D eigenvalue weighted by Gasteiger charge is 2.38. The molecule has 1 amide bonds. The monoisotopic (exact) mass is 554 g/mol. The van der Waals surface area contributed by atoms with Gasteiger partial charge in [-0.3, -0.25) is 9.69 Å². The topological polar surface area (TPSA) is 93.9 Å². The Bertz CT molecular complexity index is 1170. The molecule has 0 saturated carbocycles. The van der Waals surface area contributed by atoms with E-state index in [1.54, 1.807) is 22.1 Å². The predicted octanol–water partition coefficient (Wildman–Crippen LogP) is 4.46. The Balaban J connectivity index is 1.46. The number of aliphatic carboxylic acids is 1. The summed E-state index contributed by atoms with van der Waals surface area (Å²) in [5.41, 5.74) is 0.128. The number of anilines is 2. The summed E-state index contributed by atoms with van der Waals surface area (Å²) in [4.78, 5) is 30.0. The molecule has 2 aromatic rings. The summed E-state index contributed by atoms with van der Waals surface area (Å²) in [6, 6.07) is 5.27. The van der Waals surface area contributed by atoms with Gasteiger partial charge in [0.25, 0.3) is 0 Å². The molecule has 0 spiro atoms. The van der Waals surface area contributed by atoms with Crippen LogP contribution in [0.1, 0.15) is 37.3 Å². The van der Waals surface area contributed by atoms with Gasteiger partial charge in [0.15, 0.2) is 5.82 Å². The van der Waals surface area contributed by atoms with E-state index in [1.165, 1.54) is 22.7 Å². The first-order chi connectivity index (χ1) is 17.9. The molecule has 2 aliphatic rings. The lowest BCUT2D eigenvalue weighted by atomic mass is 9.87. The molecule has 0 bridgehead atoms. The van der Waals surface area contributed by atoms with E-state index in [4.69, 9.17) is 0 Å². The van der Waals surface area contributed by atoms with Crippen LogP contribution in [0.3, 0.4) is 0 Å². The molecule has 0 aliphatic carbocycles. The molecule has 1 atom stereocenters. The van der Waals surface area contributed by atoms with Crippen molar-refractivity contribution in [1.82, 2.24) is 19.6 Å². The highest BCUT2D eigenvalue weighted by molar-refractivity contribution is 7.99. The summed E-state index contributed by atoms with van der Waals surface area (Å²) in [7, 11) is 1.94. The second kappa shape index (κ2) is 11.0. The largest absolute Gasteiger partial charge is 0.481 e. The molecule has 3 heterocycles. The van der Waals surface area contributed by atoms with Gasteiger partial charge < -0.3 is 19.6 Å². The minimum absolute atomic E-state index is 0.184. The lowest BCUT2D eigenvalue weighted by molar-refractivity contribution is -0.141. The summed E-state index contributed by atoms with van der Waals surface area (Å²) < 4.78 is 44.8. The smallest absolute Gasteiger partial charge is 0.416 e. The van der Waals surface area contributed by atoms with Crippen LogP contribution < -0.4 is 9.62 Å². The first-order valence-electron chi connectivity index (χ1n) is 12.4. The fourth-order valence-corrected chi connectivity index (χ4v) is 5.41. The zero-order valence-corrected chi connectivity index (χ0v) is 22.5. The Morgan fingerprint density at radius 1 is 1.24 bits per heavy atom. The second-order valence-corrected chi connectivity index (χ2v) is 10.8. The first-order valence-corrected chi connectivity index (χ1v) is 13.7. The molecular weight excluding hydrogens is 521 g/mol. The number of carbonyl (C=O) groups is 2. The molecule has 9 nitrogen and oxygen atoms in total. The van der Waals surface area contributed by atoms with Gasteiger partial charge >= 0.3 is 18.2 Å². The SMILES string of the molecule is CSNc1ccn(C(=O)N2CCC(C)(N(C)Cc3ccc(C(F)(F)F)cc3N3CCC(C(=O)O)C3)CC2)n1. The van der Waals surface area contributed by atoms with E-state index in [-0.39, 0.29) is 18.1 Å². The van der Waals surface area contributed by atoms with Crippen molar-refractivity contribution in [1.29, 1.82) is 0 Å². The molecule has 2 N–H and O–H groups in total. The Kier molecular flexibility index (Phi) is 8.17. The summed E-state index contributed by atoms with van der Waals surface area (Å²) in [6.45, 7) is 4.13. The van der Waals surface area contributed by atoms with Crippen molar-refractivity contribution in [3.63, 3.8) is 0 Å². The molecular formula is C25H33F3N6O3S. The number of alkyl halides is 3. The highest BCUT2D eigenvalue weighted by Crippen LogP contribution is 2.37. The number of benzene rings is 1. The first kappa shape index (κ1) is 28.1. The van der Waals surface area contributed by atoms with E-state index in [0.29, 0.717) is 56.9 Å². The van der Waals surface area contributed by atoms with Crippen LogP contribution in [-0.2, 0) is 17.5 Å². The molecule has 38 heavy (non-hydrogen) atoms. The van der Waals surface area contributed by atoms with Crippen LogP contribution in [0.5, 0.6) is 0 Å². The van der Waals surface area contributed by atoms with Crippen molar-refractivity contribution in [2.75, 3.05) is 49.1 Å². The number of halogens is 3. The van der Waals surface area contributed by atoms with Gasteiger partial charge in [-0.1, -0.05) is 18.0 Å². The van der Waals surface area contributed by atoms with Crippen LogP contribution in [-0.4, -0.2) is 81.7 Å². The molecule has 1 aromatic heterocycles. The maximum Gasteiger partial charge on any atom is 0.416 e. The quantitative estimate of drug-likeness (QED) is 0.485. The van der Waals surface area contributed by atoms with Gasteiger partial charge in [0.1, 0.15) is 0 Å². The van der Waals surface area contributed by atoms with Gasteiger partial charge in [-0.2, -0.15) is 17.9 Å². The highest BCUT2D eigenvalue weighted by atomic mass is 32.2. The van der Waals surface area contributed by atoms with Crippen molar-refractivity contribution >= 4 is 35.5 Å². The minimum atomic E-state index is -4.49. The van der Waals surface area contributed by atoms with E-state index in [0.717, 1.165) is 17.7 Å². The number of carbonyl (C=O) groups excluding carboxylic acids is 1. The standard InChI is InChI=1S/C25H33F3N6O3S/c1-24(8-12-32(13-9-24)23(37)34-11-7-21(29-34)30-38-3)31(2)15-17-4-5-19(25(26,27)28)14-20(17)33-10-6-18(16-33)22(35)36/h4-5,7,11,14,18H,6,8-10,12-13,15-16H2,1-3H3,(H,29,30)(H,35,36). The third-order valence-electron chi connectivity index (χ3n) is 7.72. The van der Waals surface area contributed by atoms with E-state index >= 15 is 0 Å². The summed E-state index contributed by atoms with van der Waals surface area (Å²) in [6.07, 6.45) is 0.778.